The molecule has 1 N–H and O–H groups in total. The highest BCUT2D eigenvalue weighted by atomic mass is 35.5. The highest BCUT2D eigenvalue weighted by molar-refractivity contribution is 6.31. The number of hydrogen-bond acceptors (Lipinski definition) is 2. The zero-order valence-corrected chi connectivity index (χ0v) is 19.2. The molecule has 0 radical (unpaired) electrons. The zero-order valence-electron chi connectivity index (χ0n) is 18.4. The van der Waals surface area contributed by atoms with Gasteiger partial charge in [0.2, 0.25) is 5.91 Å². The number of nitrogens with one attached hydrogen (secondary N) is 1. The van der Waals surface area contributed by atoms with E-state index in [0.717, 1.165) is 17.7 Å². The molecule has 2 aliphatic rings. The first-order chi connectivity index (χ1) is 16.3. The van der Waals surface area contributed by atoms with E-state index in [0.29, 0.717) is 25.0 Å². The van der Waals surface area contributed by atoms with Gasteiger partial charge in [0.15, 0.2) is 0 Å². The second-order valence-electron chi connectivity index (χ2n) is 8.90. The minimum atomic E-state index is -5.07. The van der Waals surface area contributed by atoms with Crippen molar-refractivity contribution in [1.29, 1.82) is 0 Å². The van der Waals surface area contributed by atoms with Crippen LogP contribution in [0.4, 0.5) is 26.3 Å². The number of benzene rings is 2. The molecule has 0 saturated heterocycles. The molecule has 2 unspecified atom stereocenters. The summed E-state index contributed by atoms with van der Waals surface area (Å²) in [5.74, 6) is -2.48. The number of alkyl halides is 6. The summed E-state index contributed by atoms with van der Waals surface area (Å²) in [5.41, 5.74) is -3.19. The molecule has 4 nitrogen and oxygen atoms in total. The smallest absolute Gasteiger partial charge is 0.353 e. The largest absolute Gasteiger partial charge is 0.416 e. The maximum absolute atomic E-state index is 13.5. The molecule has 2 aromatic carbocycles. The van der Waals surface area contributed by atoms with Crippen molar-refractivity contribution in [3.8, 4) is 0 Å². The minimum Gasteiger partial charge on any atom is -0.353 e. The van der Waals surface area contributed by atoms with Crippen molar-refractivity contribution in [2.45, 2.75) is 56.0 Å². The lowest BCUT2D eigenvalue weighted by atomic mass is 9.78. The van der Waals surface area contributed by atoms with E-state index in [1.807, 2.05) is 0 Å². The second-order valence-corrected chi connectivity index (χ2v) is 9.34. The van der Waals surface area contributed by atoms with E-state index in [1.54, 1.807) is 0 Å². The van der Waals surface area contributed by atoms with Gasteiger partial charge in [0.1, 0.15) is 0 Å². The van der Waals surface area contributed by atoms with E-state index in [2.05, 4.69) is 5.32 Å². The van der Waals surface area contributed by atoms with Crippen LogP contribution in [0.2, 0.25) is 5.02 Å². The average molecular weight is 519 g/mol. The summed E-state index contributed by atoms with van der Waals surface area (Å²) in [6.07, 6.45) is -6.92. The summed E-state index contributed by atoms with van der Waals surface area (Å²) in [7, 11) is 1.25. The third-order valence-electron chi connectivity index (χ3n) is 6.57. The quantitative estimate of drug-likeness (QED) is 0.482. The third kappa shape index (κ3) is 4.98. The minimum absolute atomic E-state index is 0.0233. The van der Waals surface area contributed by atoms with Crippen molar-refractivity contribution >= 4 is 23.4 Å². The van der Waals surface area contributed by atoms with Crippen LogP contribution in [0.3, 0.4) is 0 Å². The molecule has 0 bridgehead atoms. The molecule has 2 aromatic rings. The van der Waals surface area contributed by atoms with Crippen LogP contribution >= 0.6 is 11.6 Å². The maximum Gasteiger partial charge on any atom is 0.416 e. The molecule has 4 rings (SSSR count). The van der Waals surface area contributed by atoms with E-state index >= 15 is 0 Å². The van der Waals surface area contributed by atoms with E-state index < -0.39 is 52.8 Å². The van der Waals surface area contributed by atoms with Crippen molar-refractivity contribution in [3.63, 3.8) is 0 Å². The Labute approximate surface area is 202 Å². The summed E-state index contributed by atoms with van der Waals surface area (Å²) in [6, 6.07) is 3.80. The number of nitrogens with zero attached hydrogens (tertiary/aromatic N) is 1. The first-order valence-corrected chi connectivity index (χ1v) is 11.3. The first kappa shape index (κ1) is 25.3. The van der Waals surface area contributed by atoms with Crippen molar-refractivity contribution < 1.29 is 35.9 Å². The number of halogens is 7. The van der Waals surface area contributed by atoms with Gasteiger partial charge in [-0.2, -0.15) is 26.3 Å². The molecule has 1 heterocycles. The topological polar surface area (TPSA) is 49.4 Å². The van der Waals surface area contributed by atoms with E-state index in [4.69, 9.17) is 11.6 Å². The van der Waals surface area contributed by atoms with Crippen LogP contribution in [0, 0.1) is 0 Å². The zero-order chi connectivity index (χ0) is 25.7. The fourth-order valence-electron chi connectivity index (χ4n) is 4.91. The second kappa shape index (κ2) is 9.04. The number of rotatable bonds is 3. The third-order valence-corrected chi connectivity index (χ3v) is 6.80. The van der Waals surface area contributed by atoms with Crippen LogP contribution in [0.25, 0.3) is 0 Å². The van der Waals surface area contributed by atoms with Gasteiger partial charge in [0.25, 0.3) is 5.91 Å². The SMILES string of the molecule is CN1C(=O)c2cc(Cl)ccc2C(C(=O)NC2CCCC2)C1c1cc(C(F)(F)F)cc(C(F)(F)F)c1. The van der Waals surface area contributed by atoms with Crippen LogP contribution in [0.15, 0.2) is 36.4 Å². The van der Waals surface area contributed by atoms with Crippen LogP contribution < -0.4 is 5.32 Å². The van der Waals surface area contributed by atoms with E-state index in [-0.39, 0.29) is 28.3 Å². The molecule has 1 aliphatic heterocycles. The Morgan fingerprint density at radius 3 is 2.09 bits per heavy atom. The predicted octanol–water partition coefficient (Wildman–Crippen LogP) is 6.35. The normalized spacial score (nSPS) is 21.3. The van der Waals surface area contributed by atoms with Crippen LogP contribution in [-0.4, -0.2) is 29.8 Å². The summed E-state index contributed by atoms with van der Waals surface area (Å²) in [5, 5.41) is 3.08. The number of hydrogen-bond donors (Lipinski definition) is 1. The highest BCUT2D eigenvalue weighted by Gasteiger charge is 2.45. The Bertz CT molecular complexity index is 1130. The number of carbonyl (C=O) groups excluding carboxylic acids is 2. The van der Waals surface area contributed by atoms with E-state index in [9.17, 15) is 35.9 Å². The van der Waals surface area contributed by atoms with Gasteiger partial charge < -0.3 is 10.2 Å². The lowest BCUT2D eigenvalue weighted by Crippen LogP contribution is -2.47. The molecular formula is C24H21ClF6N2O2. The summed E-state index contributed by atoms with van der Waals surface area (Å²) in [6.45, 7) is 0. The predicted molar refractivity (Wildman–Crippen MR) is 116 cm³/mol. The van der Waals surface area contributed by atoms with Crippen LogP contribution in [-0.2, 0) is 17.1 Å². The van der Waals surface area contributed by atoms with Gasteiger partial charge >= 0.3 is 12.4 Å². The van der Waals surface area contributed by atoms with E-state index in [1.165, 1.54) is 25.2 Å². The van der Waals surface area contributed by atoms with Gasteiger partial charge in [-0.05, 0) is 54.3 Å². The summed E-state index contributed by atoms with van der Waals surface area (Å²) >= 11 is 6.03. The van der Waals surface area contributed by atoms with Crippen LogP contribution in [0.5, 0.6) is 0 Å². The Balaban J connectivity index is 1.90. The molecule has 35 heavy (non-hydrogen) atoms. The Hall–Kier alpha value is -2.75. The standard InChI is InChI=1S/C24H21ClF6N2O2/c1-33-20(12-8-13(23(26,27)28)10-14(9-12)24(29,30)31)19(21(34)32-16-4-2-3-5-16)17-7-6-15(25)11-18(17)22(33)35/h6-11,16,19-20H,2-5H2,1H3,(H,32,34). The molecule has 0 aromatic heterocycles. The van der Waals surface area contributed by atoms with Crippen LogP contribution in [0.1, 0.15) is 70.3 Å². The lowest BCUT2D eigenvalue weighted by molar-refractivity contribution is -0.143. The molecule has 1 fully saturated rings. The first-order valence-electron chi connectivity index (χ1n) is 10.9. The molecule has 11 heteroatoms. The van der Waals surface area contributed by atoms with Gasteiger partial charge in [-0.15, -0.1) is 0 Å². The molecule has 1 aliphatic carbocycles. The Morgan fingerprint density at radius 1 is 0.971 bits per heavy atom. The number of amides is 2. The Kier molecular flexibility index (Phi) is 6.54. The number of fused-ring (bicyclic) bond motifs is 1. The average Bonchev–Trinajstić information content (AvgIpc) is 3.27. The van der Waals surface area contributed by atoms with Gasteiger partial charge in [-0.1, -0.05) is 30.5 Å². The summed E-state index contributed by atoms with van der Waals surface area (Å²) < 4.78 is 81.3. The number of likely N-dealkylation sites (N-methyl/N-ethyl adjacent to an activating group) is 1. The fourth-order valence-corrected chi connectivity index (χ4v) is 5.08. The molecule has 0 spiro atoms. The van der Waals surface area contributed by atoms with Gasteiger partial charge in [0, 0.05) is 23.7 Å². The Morgan fingerprint density at radius 2 is 1.54 bits per heavy atom. The molecular weight excluding hydrogens is 498 g/mol. The molecule has 1 saturated carbocycles. The monoisotopic (exact) mass is 518 g/mol. The van der Waals surface area contributed by atoms with Crippen molar-refractivity contribution in [2.24, 2.45) is 0 Å². The molecule has 188 valence electrons. The van der Waals surface area contributed by atoms with Gasteiger partial charge in [-0.25, -0.2) is 0 Å². The van der Waals surface area contributed by atoms with Crippen molar-refractivity contribution in [3.05, 3.63) is 69.2 Å². The van der Waals surface area contributed by atoms with Crippen molar-refractivity contribution in [1.82, 2.24) is 10.2 Å². The number of carbonyl (C=O) groups is 2. The highest BCUT2D eigenvalue weighted by Crippen LogP contribution is 2.46. The van der Waals surface area contributed by atoms with Gasteiger partial charge in [0.05, 0.1) is 23.1 Å². The van der Waals surface area contributed by atoms with Gasteiger partial charge in [-0.3, -0.25) is 9.59 Å². The lowest BCUT2D eigenvalue weighted by Gasteiger charge is -2.40. The molecule has 2 atom stereocenters. The molecule has 2 amide bonds. The van der Waals surface area contributed by atoms with Crippen molar-refractivity contribution in [2.75, 3.05) is 7.05 Å². The fraction of sp³-hybridized carbons (Fsp3) is 0.417. The maximum atomic E-state index is 13.5. The summed E-state index contributed by atoms with van der Waals surface area (Å²) in [4.78, 5) is 27.6.